The van der Waals surface area contributed by atoms with Gasteiger partial charge in [-0.25, -0.2) is 5.01 Å². The Labute approximate surface area is 181 Å². The number of para-hydroxylation sites is 1. The summed E-state index contributed by atoms with van der Waals surface area (Å²) in [5, 5.41) is 16.9. The molecule has 0 saturated carbocycles. The summed E-state index contributed by atoms with van der Waals surface area (Å²) in [6.45, 7) is 2.02. The summed E-state index contributed by atoms with van der Waals surface area (Å²) in [5.74, 6) is 0.793. The van der Waals surface area contributed by atoms with Crippen molar-refractivity contribution in [2.75, 3.05) is 14.2 Å². The van der Waals surface area contributed by atoms with E-state index in [1.165, 1.54) is 12.1 Å². The van der Waals surface area contributed by atoms with Crippen molar-refractivity contribution < 1.29 is 19.4 Å². The monoisotopic (exact) mass is 416 g/mol. The molecule has 1 aliphatic rings. The largest absolute Gasteiger partial charge is 0.504 e. The number of carbonyl (C=O) groups excluding carboxylic acids is 1. The Hall–Kier alpha value is -3.80. The molecule has 0 fully saturated rings. The lowest BCUT2D eigenvalue weighted by atomic mass is 9.96. The normalized spacial score (nSPS) is 15.5. The zero-order valence-corrected chi connectivity index (χ0v) is 17.7. The first kappa shape index (κ1) is 20.5. The zero-order valence-electron chi connectivity index (χ0n) is 17.7. The van der Waals surface area contributed by atoms with E-state index in [0.717, 1.165) is 16.8 Å². The van der Waals surface area contributed by atoms with Crippen LogP contribution < -0.4 is 9.47 Å². The van der Waals surface area contributed by atoms with Gasteiger partial charge in [0, 0.05) is 17.5 Å². The van der Waals surface area contributed by atoms with Crippen LogP contribution in [0.1, 0.15) is 39.5 Å². The average molecular weight is 416 g/mol. The maximum absolute atomic E-state index is 13.4. The fourth-order valence-corrected chi connectivity index (χ4v) is 3.70. The molecule has 31 heavy (non-hydrogen) atoms. The molecule has 0 aliphatic carbocycles. The number of hydrazone groups is 1. The van der Waals surface area contributed by atoms with Crippen LogP contribution in [0.3, 0.4) is 0 Å². The van der Waals surface area contributed by atoms with E-state index in [1.807, 2.05) is 31.2 Å². The predicted octanol–water partition coefficient (Wildman–Crippen LogP) is 4.71. The Morgan fingerprint density at radius 2 is 1.71 bits per heavy atom. The van der Waals surface area contributed by atoms with Gasteiger partial charge in [0.05, 0.1) is 26.0 Å². The number of aryl methyl sites for hydroxylation is 1. The average Bonchev–Trinajstić information content (AvgIpc) is 3.24. The number of carbonyl (C=O) groups is 1. The van der Waals surface area contributed by atoms with Crippen LogP contribution in [-0.4, -0.2) is 36.0 Å². The van der Waals surface area contributed by atoms with Crippen LogP contribution in [0, 0.1) is 6.92 Å². The molecular formula is C25H24N2O4. The number of methoxy groups -OCH3 is 2. The lowest BCUT2D eigenvalue weighted by molar-refractivity contribution is 0.0709. The number of phenols is 1. The molecule has 1 aliphatic heterocycles. The van der Waals surface area contributed by atoms with Gasteiger partial charge in [-0.2, -0.15) is 5.10 Å². The molecule has 1 N–H and O–H groups in total. The van der Waals surface area contributed by atoms with Gasteiger partial charge in [0.1, 0.15) is 5.75 Å². The first-order valence-corrected chi connectivity index (χ1v) is 10.00. The van der Waals surface area contributed by atoms with Gasteiger partial charge in [-0.1, -0.05) is 42.0 Å². The SMILES string of the molecule is COc1ccc(C(=O)N2N=C(c3ccc(C)cc3)CC2c2cccc(OC)c2O)cc1. The molecule has 0 saturated heterocycles. The first-order valence-electron chi connectivity index (χ1n) is 10.00. The molecule has 3 aromatic rings. The van der Waals surface area contributed by atoms with E-state index in [4.69, 9.17) is 9.47 Å². The number of benzene rings is 3. The van der Waals surface area contributed by atoms with Crippen molar-refractivity contribution in [2.45, 2.75) is 19.4 Å². The highest BCUT2D eigenvalue weighted by Gasteiger charge is 2.35. The van der Waals surface area contributed by atoms with Crippen LogP contribution in [0.4, 0.5) is 0 Å². The highest BCUT2D eigenvalue weighted by molar-refractivity contribution is 6.05. The van der Waals surface area contributed by atoms with Gasteiger partial charge in [0.2, 0.25) is 0 Å². The van der Waals surface area contributed by atoms with Gasteiger partial charge >= 0.3 is 0 Å². The number of aromatic hydroxyl groups is 1. The number of nitrogens with zero attached hydrogens (tertiary/aromatic N) is 2. The van der Waals surface area contributed by atoms with Crippen LogP contribution >= 0.6 is 0 Å². The summed E-state index contributed by atoms with van der Waals surface area (Å²) in [4.78, 5) is 13.4. The summed E-state index contributed by atoms with van der Waals surface area (Å²) in [5.41, 5.74) is 3.96. The van der Waals surface area contributed by atoms with E-state index in [0.29, 0.717) is 29.0 Å². The Kier molecular flexibility index (Phi) is 5.62. The number of amides is 1. The minimum absolute atomic E-state index is 0.0166. The second-order valence-electron chi connectivity index (χ2n) is 7.41. The molecule has 0 spiro atoms. The molecule has 1 amide bonds. The maximum Gasteiger partial charge on any atom is 0.274 e. The van der Waals surface area contributed by atoms with Gasteiger partial charge in [0.25, 0.3) is 5.91 Å². The van der Waals surface area contributed by atoms with E-state index >= 15 is 0 Å². The van der Waals surface area contributed by atoms with Crippen molar-refractivity contribution in [3.05, 3.63) is 89.0 Å². The Balaban J connectivity index is 1.75. The summed E-state index contributed by atoms with van der Waals surface area (Å²) < 4.78 is 10.5. The van der Waals surface area contributed by atoms with E-state index in [-0.39, 0.29) is 11.7 Å². The summed E-state index contributed by atoms with van der Waals surface area (Å²) in [6, 6.07) is 19.8. The molecule has 3 aromatic carbocycles. The second-order valence-corrected chi connectivity index (χ2v) is 7.41. The fraction of sp³-hybridized carbons (Fsp3) is 0.200. The van der Waals surface area contributed by atoms with Crippen molar-refractivity contribution in [3.63, 3.8) is 0 Å². The van der Waals surface area contributed by atoms with Crippen LogP contribution in [0.25, 0.3) is 0 Å². The van der Waals surface area contributed by atoms with Crippen molar-refractivity contribution in [2.24, 2.45) is 5.10 Å². The van der Waals surface area contributed by atoms with E-state index < -0.39 is 6.04 Å². The molecule has 1 heterocycles. The molecule has 1 atom stereocenters. The predicted molar refractivity (Wildman–Crippen MR) is 119 cm³/mol. The molecule has 0 radical (unpaired) electrons. The standard InChI is InChI=1S/C25H24N2O4/c1-16-7-9-17(10-8-16)21-15-22(20-5-4-6-23(31-3)24(20)28)27(26-21)25(29)18-11-13-19(30-2)14-12-18/h4-14,22,28H,15H2,1-3H3. The molecule has 0 bridgehead atoms. The van der Waals surface area contributed by atoms with Crippen LogP contribution in [0.5, 0.6) is 17.2 Å². The number of hydrogen-bond donors (Lipinski definition) is 1. The van der Waals surface area contributed by atoms with Crippen molar-refractivity contribution in [1.82, 2.24) is 5.01 Å². The minimum atomic E-state index is -0.457. The zero-order chi connectivity index (χ0) is 22.0. The number of ether oxygens (including phenoxy) is 2. The van der Waals surface area contributed by atoms with Crippen LogP contribution in [0.15, 0.2) is 71.8 Å². The lowest BCUT2D eigenvalue weighted by Gasteiger charge is -2.23. The van der Waals surface area contributed by atoms with Gasteiger partial charge in [-0.05, 0) is 42.8 Å². The van der Waals surface area contributed by atoms with Crippen molar-refractivity contribution >= 4 is 11.6 Å². The van der Waals surface area contributed by atoms with Crippen LogP contribution in [0.2, 0.25) is 0 Å². The van der Waals surface area contributed by atoms with Gasteiger partial charge < -0.3 is 14.6 Å². The van der Waals surface area contributed by atoms with E-state index in [9.17, 15) is 9.90 Å². The highest BCUT2D eigenvalue weighted by atomic mass is 16.5. The third-order valence-corrected chi connectivity index (χ3v) is 5.45. The van der Waals surface area contributed by atoms with Gasteiger partial charge in [0.15, 0.2) is 11.5 Å². The first-order chi connectivity index (χ1) is 15.0. The molecule has 1 unspecified atom stereocenters. The summed E-state index contributed by atoms with van der Waals surface area (Å²) in [7, 11) is 3.08. The molecular weight excluding hydrogens is 392 g/mol. The Bertz CT molecular complexity index is 1120. The topological polar surface area (TPSA) is 71.4 Å². The quantitative estimate of drug-likeness (QED) is 0.654. The lowest BCUT2D eigenvalue weighted by Crippen LogP contribution is -2.27. The molecule has 6 heteroatoms. The minimum Gasteiger partial charge on any atom is -0.504 e. The molecule has 4 rings (SSSR count). The molecule has 0 aromatic heterocycles. The molecule has 6 nitrogen and oxygen atoms in total. The number of hydrogen-bond acceptors (Lipinski definition) is 5. The van der Waals surface area contributed by atoms with E-state index in [2.05, 4.69) is 5.10 Å². The summed E-state index contributed by atoms with van der Waals surface area (Å²) >= 11 is 0. The second kappa shape index (κ2) is 8.52. The third kappa shape index (κ3) is 3.97. The summed E-state index contributed by atoms with van der Waals surface area (Å²) in [6.07, 6.45) is 0.478. The van der Waals surface area contributed by atoms with E-state index in [1.54, 1.807) is 49.6 Å². The van der Waals surface area contributed by atoms with Crippen molar-refractivity contribution in [1.29, 1.82) is 0 Å². The smallest absolute Gasteiger partial charge is 0.274 e. The number of rotatable bonds is 5. The molecule has 158 valence electrons. The van der Waals surface area contributed by atoms with Crippen molar-refractivity contribution in [3.8, 4) is 17.2 Å². The van der Waals surface area contributed by atoms with Gasteiger partial charge in [-0.15, -0.1) is 0 Å². The fourth-order valence-electron chi connectivity index (χ4n) is 3.70. The third-order valence-electron chi connectivity index (χ3n) is 5.45. The van der Waals surface area contributed by atoms with Gasteiger partial charge in [-0.3, -0.25) is 4.79 Å². The maximum atomic E-state index is 13.4. The van der Waals surface area contributed by atoms with Crippen LogP contribution in [-0.2, 0) is 0 Å². The highest BCUT2D eigenvalue weighted by Crippen LogP contribution is 2.41. The Morgan fingerprint density at radius 3 is 2.35 bits per heavy atom. The number of phenolic OH excluding ortho intramolecular Hbond substituents is 1. The Morgan fingerprint density at radius 1 is 1.00 bits per heavy atom.